The molecule has 0 saturated carbocycles. The maximum Gasteiger partial charge on any atom is 0.343 e. The van der Waals surface area contributed by atoms with Gasteiger partial charge in [-0.2, -0.15) is 0 Å². The Morgan fingerprint density at radius 3 is 2.71 bits per heavy atom. The third kappa shape index (κ3) is 3.44. The topological polar surface area (TPSA) is 88.5 Å². The summed E-state index contributed by atoms with van der Waals surface area (Å²) in [6.07, 6.45) is 1.03. The number of anilines is 1. The van der Waals surface area contributed by atoms with E-state index in [1.54, 1.807) is 4.57 Å². The Labute approximate surface area is 127 Å². The fourth-order valence-corrected chi connectivity index (χ4v) is 2.88. The Morgan fingerprint density at radius 2 is 2.05 bits per heavy atom. The van der Waals surface area contributed by atoms with Crippen LogP contribution >= 0.6 is 11.8 Å². The summed E-state index contributed by atoms with van der Waals surface area (Å²) in [5, 5.41) is 11.3. The van der Waals surface area contributed by atoms with Gasteiger partial charge in [0.2, 0.25) is 0 Å². The second-order valence-electron chi connectivity index (χ2n) is 4.63. The van der Waals surface area contributed by atoms with Crippen LogP contribution in [-0.2, 0) is 6.54 Å². The lowest BCUT2D eigenvalue weighted by molar-refractivity contribution is 0.659. The Kier molecular flexibility index (Phi) is 5.00. The van der Waals surface area contributed by atoms with Gasteiger partial charge in [0, 0.05) is 18.7 Å². The minimum atomic E-state index is -0.201. The Hall–Kier alpha value is -1.83. The third-order valence-electron chi connectivity index (χ3n) is 2.98. The summed E-state index contributed by atoms with van der Waals surface area (Å²) in [6.45, 7) is 9.28. The Morgan fingerprint density at radius 1 is 1.29 bits per heavy atom. The second kappa shape index (κ2) is 6.75. The number of nitrogens with zero attached hydrogens (tertiary/aromatic N) is 4. The van der Waals surface area contributed by atoms with E-state index in [0.29, 0.717) is 17.5 Å². The fourth-order valence-electron chi connectivity index (χ4n) is 1.86. The number of H-pyrrole nitrogens is 1. The van der Waals surface area contributed by atoms with E-state index in [2.05, 4.69) is 32.4 Å². The lowest BCUT2D eigenvalue weighted by atomic mass is 10.3. The Bertz CT molecular complexity index is 678. The molecule has 8 heteroatoms. The predicted octanol–water partition coefficient (Wildman–Crippen LogP) is 1.97. The highest BCUT2D eigenvalue weighted by molar-refractivity contribution is 7.99. The van der Waals surface area contributed by atoms with Crippen molar-refractivity contribution in [3.8, 4) is 0 Å². The maximum atomic E-state index is 11.6. The van der Waals surface area contributed by atoms with Crippen molar-refractivity contribution in [3.05, 3.63) is 21.9 Å². The minimum absolute atomic E-state index is 0.201. The number of aromatic nitrogens is 5. The Balaban J connectivity index is 2.35. The largest absolute Gasteiger partial charge is 0.370 e. The molecule has 0 aromatic carbocycles. The van der Waals surface area contributed by atoms with Crippen molar-refractivity contribution in [2.75, 3.05) is 11.9 Å². The highest BCUT2D eigenvalue weighted by Crippen LogP contribution is 2.29. The fraction of sp³-hybridized carbons (Fsp3) is 0.538. The van der Waals surface area contributed by atoms with E-state index in [1.165, 1.54) is 11.8 Å². The summed E-state index contributed by atoms with van der Waals surface area (Å²) >= 11 is 1.38. The first-order chi connectivity index (χ1) is 10.1. The van der Waals surface area contributed by atoms with E-state index in [-0.39, 0.29) is 5.69 Å². The smallest absolute Gasteiger partial charge is 0.343 e. The van der Waals surface area contributed by atoms with Crippen LogP contribution in [0.2, 0.25) is 0 Å². The van der Waals surface area contributed by atoms with Crippen LogP contribution in [0.15, 0.2) is 15.0 Å². The molecule has 2 rings (SSSR count). The van der Waals surface area contributed by atoms with Crippen LogP contribution in [-0.4, -0.2) is 31.3 Å². The first kappa shape index (κ1) is 15.6. The molecule has 0 spiro atoms. The molecule has 7 nitrogen and oxygen atoms in total. The molecule has 0 unspecified atom stereocenters. The molecule has 0 aliphatic heterocycles. The molecule has 114 valence electrons. The van der Waals surface area contributed by atoms with E-state index in [0.717, 1.165) is 29.4 Å². The van der Waals surface area contributed by atoms with Gasteiger partial charge >= 0.3 is 5.69 Å². The minimum Gasteiger partial charge on any atom is -0.370 e. The van der Waals surface area contributed by atoms with E-state index < -0.39 is 0 Å². The van der Waals surface area contributed by atoms with Gasteiger partial charge in [0.1, 0.15) is 16.7 Å². The van der Waals surface area contributed by atoms with E-state index in [9.17, 15) is 4.79 Å². The first-order valence-corrected chi connectivity index (χ1v) is 7.80. The SMILES string of the molecule is CCCNc1nc(C)nc(Sc2n[nH]c(=O)n2CC)c1C. The van der Waals surface area contributed by atoms with E-state index in [4.69, 9.17) is 0 Å². The molecule has 0 bridgehead atoms. The van der Waals surface area contributed by atoms with Crippen LogP contribution in [0.1, 0.15) is 31.7 Å². The van der Waals surface area contributed by atoms with Crippen LogP contribution in [0.3, 0.4) is 0 Å². The highest BCUT2D eigenvalue weighted by Gasteiger charge is 2.14. The first-order valence-electron chi connectivity index (χ1n) is 6.99. The van der Waals surface area contributed by atoms with Crippen molar-refractivity contribution in [1.29, 1.82) is 0 Å². The average molecular weight is 308 g/mol. The van der Waals surface area contributed by atoms with E-state index in [1.807, 2.05) is 20.8 Å². The molecule has 0 atom stereocenters. The molecular weight excluding hydrogens is 288 g/mol. The summed E-state index contributed by atoms with van der Waals surface area (Å²) in [5.74, 6) is 1.54. The summed E-state index contributed by atoms with van der Waals surface area (Å²) in [7, 11) is 0. The number of hydrogen-bond donors (Lipinski definition) is 2. The van der Waals surface area contributed by atoms with Gasteiger partial charge in [0.05, 0.1) is 0 Å². The molecule has 0 saturated heterocycles. The zero-order valence-electron chi connectivity index (χ0n) is 12.7. The second-order valence-corrected chi connectivity index (χ2v) is 5.59. The lowest BCUT2D eigenvalue weighted by Gasteiger charge is -2.11. The number of aromatic amines is 1. The van der Waals surface area contributed by atoms with Crippen LogP contribution < -0.4 is 11.0 Å². The number of aryl methyl sites for hydroxylation is 1. The van der Waals surface area contributed by atoms with Gasteiger partial charge in [-0.25, -0.2) is 19.9 Å². The molecule has 0 radical (unpaired) electrons. The number of rotatable bonds is 6. The van der Waals surface area contributed by atoms with Crippen LogP contribution in [0.25, 0.3) is 0 Å². The predicted molar refractivity (Wildman–Crippen MR) is 82.9 cm³/mol. The van der Waals surface area contributed by atoms with Gasteiger partial charge in [-0.05, 0) is 39.0 Å². The summed E-state index contributed by atoms with van der Waals surface area (Å²) < 4.78 is 1.58. The quantitative estimate of drug-likeness (QED) is 0.793. The van der Waals surface area contributed by atoms with Crippen molar-refractivity contribution >= 4 is 17.6 Å². The van der Waals surface area contributed by atoms with Gasteiger partial charge in [-0.15, -0.1) is 5.10 Å². The molecule has 2 heterocycles. The monoisotopic (exact) mass is 308 g/mol. The molecule has 2 aromatic heterocycles. The van der Waals surface area contributed by atoms with Crippen LogP contribution in [0.4, 0.5) is 5.82 Å². The molecule has 0 aliphatic carbocycles. The lowest BCUT2D eigenvalue weighted by Crippen LogP contribution is -2.16. The third-order valence-corrected chi connectivity index (χ3v) is 4.07. The summed E-state index contributed by atoms with van der Waals surface area (Å²) in [4.78, 5) is 20.5. The van der Waals surface area contributed by atoms with Crippen molar-refractivity contribution in [1.82, 2.24) is 24.7 Å². The molecule has 2 aromatic rings. The van der Waals surface area contributed by atoms with Gasteiger partial charge in [-0.3, -0.25) is 4.57 Å². The molecule has 0 amide bonds. The van der Waals surface area contributed by atoms with Crippen LogP contribution in [0.5, 0.6) is 0 Å². The van der Waals surface area contributed by atoms with Gasteiger partial charge < -0.3 is 5.32 Å². The van der Waals surface area contributed by atoms with Crippen LogP contribution in [0, 0.1) is 13.8 Å². The van der Waals surface area contributed by atoms with Crippen molar-refractivity contribution in [2.24, 2.45) is 0 Å². The van der Waals surface area contributed by atoms with Crippen molar-refractivity contribution in [2.45, 2.75) is 50.8 Å². The average Bonchev–Trinajstić information content (AvgIpc) is 2.81. The molecule has 2 N–H and O–H groups in total. The zero-order valence-corrected chi connectivity index (χ0v) is 13.5. The summed E-state index contributed by atoms with van der Waals surface area (Å²) in [6, 6.07) is 0. The number of nitrogens with one attached hydrogen (secondary N) is 2. The van der Waals surface area contributed by atoms with Gasteiger partial charge in [-0.1, -0.05) is 6.92 Å². The molecule has 0 fully saturated rings. The molecule has 0 aliphatic rings. The van der Waals surface area contributed by atoms with E-state index >= 15 is 0 Å². The molecule has 21 heavy (non-hydrogen) atoms. The highest BCUT2D eigenvalue weighted by atomic mass is 32.2. The van der Waals surface area contributed by atoms with Gasteiger partial charge in [0.25, 0.3) is 0 Å². The van der Waals surface area contributed by atoms with Crippen molar-refractivity contribution in [3.63, 3.8) is 0 Å². The maximum absolute atomic E-state index is 11.6. The van der Waals surface area contributed by atoms with Crippen molar-refractivity contribution < 1.29 is 0 Å². The molecular formula is C13H20N6OS. The van der Waals surface area contributed by atoms with Gasteiger partial charge in [0.15, 0.2) is 5.16 Å². The standard InChI is InChI=1S/C13H20N6OS/c1-5-7-14-10-8(3)11(16-9(4)15-10)21-13-18-17-12(20)19(13)6-2/h5-7H2,1-4H3,(H,17,20)(H,14,15,16). The normalized spacial score (nSPS) is 10.9. The zero-order chi connectivity index (χ0) is 15.4. The number of hydrogen-bond acceptors (Lipinski definition) is 6. The summed E-state index contributed by atoms with van der Waals surface area (Å²) in [5.41, 5.74) is 0.768.